The van der Waals surface area contributed by atoms with Crippen LogP contribution in [0.15, 0.2) is 59.5 Å². The molecule has 2 aromatic heterocycles. The molecule has 1 aliphatic carbocycles. The monoisotopic (exact) mass is 611 g/mol. The number of halogens is 2. The molecular formula is C30H35F2N7O3S. The lowest BCUT2D eigenvalue weighted by Gasteiger charge is -2.35. The van der Waals surface area contributed by atoms with Crippen LogP contribution < -0.4 is 15.6 Å². The van der Waals surface area contributed by atoms with Crippen LogP contribution in [0.4, 0.5) is 20.4 Å². The van der Waals surface area contributed by atoms with Gasteiger partial charge in [0.25, 0.3) is 5.56 Å². The first-order valence-electron chi connectivity index (χ1n) is 14.1. The zero-order valence-corrected chi connectivity index (χ0v) is 25.3. The van der Waals surface area contributed by atoms with Crippen LogP contribution in [0.25, 0.3) is 22.4 Å². The molecule has 43 heavy (non-hydrogen) atoms. The number of benzene rings is 2. The lowest BCUT2D eigenvalue weighted by Crippen LogP contribution is -2.44. The topological polar surface area (TPSA) is 122 Å². The molecule has 0 bridgehead atoms. The van der Waals surface area contributed by atoms with Gasteiger partial charge in [0, 0.05) is 30.1 Å². The lowest BCUT2D eigenvalue weighted by atomic mass is 9.89. The molecule has 5 rings (SSSR count). The van der Waals surface area contributed by atoms with Crippen molar-refractivity contribution >= 4 is 32.8 Å². The predicted molar refractivity (Wildman–Crippen MR) is 164 cm³/mol. The first-order chi connectivity index (χ1) is 20.4. The highest BCUT2D eigenvalue weighted by atomic mass is 32.2. The number of nitrogens with zero attached hydrogens (tertiary/aromatic N) is 5. The van der Waals surface area contributed by atoms with Crippen molar-refractivity contribution in [3.05, 3.63) is 76.5 Å². The highest BCUT2D eigenvalue weighted by Crippen LogP contribution is 2.28. The van der Waals surface area contributed by atoms with Gasteiger partial charge < -0.3 is 10.2 Å². The summed E-state index contributed by atoms with van der Waals surface area (Å²) in [6.45, 7) is 3.64. The largest absolute Gasteiger partial charge is 0.351 e. The van der Waals surface area contributed by atoms with Crippen molar-refractivity contribution in [1.29, 1.82) is 0 Å². The van der Waals surface area contributed by atoms with Crippen LogP contribution in [0.1, 0.15) is 44.7 Å². The van der Waals surface area contributed by atoms with E-state index in [1.165, 1.54) is 22.9 Å². The van der Waals surface area contributed by atoms with E-state index in [9.17, 15) is 17.6 Å². The number of nitrogens with one attached hydrogen (secondary N) is 2. The van der Waals surface area contributed by atoms with E-state index in [-0.39, 0.29) is 46.8 Å². The maximum absolute atomic E-state index is 15.2. The van der Waals surface area contributed by atoms with Gasteiger partial charge in [0.2, 0.25) is 16.0 Å². The average Bonchev–Trinajstić information content (AvgIpc) is 2.93. The number of aromatic nitrogens is 4. The van der Waals surface area contributed by atoms with Crippen LogP contribution in [0, 0.1) is 5.82 Å². The summed E-state index contributed by atoms with van der Waals surface area (Å²) in [5.74, 6) is -0.893. The molecule has 228 valence electrons. The molecular weight excluding hydrogens is 576 g/mol. The van der Waals surface area contributed by atoms with Crippen LogP contribution in [-0.2, 0) is 15.8 Å². The molecule has 1 fully saturated rings. The Hall–Kier alpha value is -3.97. The molecule has 1 saturated carbocycles. The molecule has 0 radical (unpaired) electrons. The Balaban J connectivity index is 1.41. The Labute approximate surface area is 249 Å². The van der Waals surface area contributed by atoms with Crippen molar-refractivity contribution in [1.82, 2.24) is 24.4 Å². The van der Waals surface area contributed by atoms with Crippen LogP contribution in [-0.4, -0.2) is 65.2 Å². The van der Waals surface area contributed by atoms with E-state index in [1.54, 1.807) is 30.3 Å². The minimum absolute atomic E-state index is 0.0228. The number of anilines is 2. The summed E-state index contributed by atoms with van der Waals surface area (Å²) < 4.78 is 58.9. The van der Waals surface area contributed by atoms with Gasteiger partial charge in [-0.25, -0.2) is 27.2 Å². The Morgan fingerprint density at radius 2 is 1.84 bits per heavy atom. The minimum atomic E-state index is -3.88. The fourth-order valence-corrected chi connectivity index (χ4v) is 6.68. The number of fused-ring (bicyclic) bond motifs is 1. The Kier molecular flexibility index (Phi) is 8.74. The first kappa shape index (κ1) is 30.5. The number of alkyl halides is 1. The molecule has 10 nitrogen and oxygen atoms in total. The fraction of sp³-hybridized carbons (Fsp3) is 0.400. The summed E-state index contributed by atoms with van der Waals surface area (Å²) >= 11 is 0. The van der Waals surface area contributed by atoms with Crippen molar-refractivity contribution < 1.29 is 17.2 Å². The third-order valence-corrected chi connectivity index (χ3v) is 8.83. The zero-order valence-electron chi connectivity index (χ0n) is 24.5. The number of sulfonamides is 1. The van der Waals surface area contributed by atoms with Gasteiger partial charge in [-0.3, -0.25) is 14.1 Å². The predicted octanol–water partition coefficient (Wildman–Crippen LogP) is 4.75. The summed E-state index contributed by atoms with van der Waals surface area (Å²) in [6, 6.07) is 11.8. The maximum atomic E-state index is 15.2. The highest BCUT2D eigenvalue weighted by molar-refractivity contribution is 7.91. The smallest absolute Gasteiger partial charge is 0.278 e. The third-order valence-electron chi connectivity index (χ3n) is 7.59. The SMILES string of the molecule is CC(C)n1c(=O)c(-c2ccc(NS(=O)(=O)Cc3ccccc3)c(F)c2)nc2cnc(N[C@H]3CC[C@H](N(C)C)[C@@H](F)C3)nc21. The lowest BCUT2D eigenvalue weighted by molar-refractivity contribution is 0.109. The second-order valence-electron chi connectivity index (χ2n) is 11.4. The molecule has 0 saturated heterocycles. The van der Waals surface area contributed by atoms with E-state index in [2.05, 4.69) is 25.0 Å². The van der Waals surface area contributed by atoms with Gasteiger partial charge in [-0.15, -0.1) is 0 Å². The molecule has 2 N–H and O–H groups in total. The van der Waals surface area contributed by atoms with Gasteiger partial charge in [0.05, 0.1) is 17.6 Å². The van der Waals surface area contributed by atoms with Crippen LogP contribution >= 0.6 is 0 Å². The van der Waals surface area contributed by atoms with Crippen molar-refractivity contribution in [3.8, 4) is 11.3 Å². The Morgan fingerprint density at radius 3 is 2.49 bits per heavy atom. The second kappa shape index (κ2) is 12.3. The molecule has 0 spiro atoms. The van der Waals surface area contributed by atoms with Gasteiger partial charge in [-0.05, 0) is 58.5 Å². The van der Waals surface area contributed by atoms with Crippen molar-refractivity contribution in [2.45, 2.75) is 63.2 Å². The molecule has 2 heterocycles. The van der Waals surface area contributed by atoms with E-state index in [1.807, 2.05) is 32.8 Å². The summed E-state index contributed by atoms with van der Waals surface area (Å²) in [5.41, 5.74) is 0.611. The van der Waals surface area contributed by atoms with Crippen LogP contribution in [0.5, 0.6) is 0 Å². The summed E-state index contributed by atoms with van der Waals surface area (Å²) in [5, 5.41) is 3.21. The standard InChI is InChI=1S/C30H35F2N7O3S/c1-18(2)39-28-25(16-33-30(36-28)34-21-11-13-26(38(3)4)23(32)15-21)35-27(29(39)40)20-10-12-24(22(31)14-20)37-43(41,42)17-19-8-6-5-7-9-19/h5-10,12,14,16,18,21,23,26,37H,11,13,15,17H2,1-4H3,(H,33,34,36)/t21-,23-,26-/m0/s1. The van der Waals surface area contributed by atoms with Crippen molar-refractivity contribution in [2.75, 3.05) is 24.1 Å². The van der Waals surface area contributed by atoms with Crippen molar-refractivity contribution in [2.24, 2.45) is 0 Å². The van der Waals surface area contributed by atoms with Gasteiger partial charge >= 0.3 is 0 Å². The molecule has 4 aromatic rings. The van der Waals surface area contributed by atoms with Gasteiger partial charge in [0.15, 0.2) is 5.65 Å². The summed E-state index contributed by atoms with van der Waals surface area (Å²) in [7, 11) is -0.132. The molecule has 13 heteroatoms. The number of hydrogen-bond donors (Lipinski definition) is 2. The summed E-state index contributed by atoms with van der Waals surface area (Å²) in [6.07, 6.45) is 2.27. The minimum Gasteiger partial charge on any atom is -0.351 e. The van der Waals surface area contributed by atoms with E-state index >= 15 is 4.39 Å². The van der Waals surface area contributed by atoms with Gasteiger partial charge in [0.1, 0.15) is 23.2 Å². The molecule has 1 aliphatic rings. The first-order valence-corrected chi connectivity index (χ1v) is 15.8. The van der Waals surface area contributed by atoms with Crippen LogP contribution in [0.3, 0.4) is 0 Å². The van der Waals surface area contributed by atoms with E-state index in [0.29, 0.717) is 29.6 Å². The second-order valence-corrected chi connectivity index (χ2v) is 13.1. The van der Waals surface area contributed by atoms with Crippen molar-refractivity contribution in [3.63, 3.8) is 0 Å². The zero-order chi connectivity index (χ0) is 30.9. The maximum Gasteiger partial charge on any atom is 0.278 e. The van der Waals surface area contributed by atoms with E-state index in [0.717, 1.165) is 12.5 Å². The van der Waals surface area contributed by atoms with E-state index in [4.69, 9.17) is 0 Å². The normalized spacial score (nSPS) is 19.2. The molecule has 3 atom stereocenters. The van der Waals surface area contributed by atoms with Gasteiger partial charge in [-0.2, -0.15) is 4.98 Å². The molecule has 0 unspecified atom stereocenters. The molecule has 0 aliphatic heterocycles. The van der Waals surface area contributed by atoms with E-state index < -0.39 is 27.6 Å². The highest BCUT2D eigenvalue weighted by Gasteiger charge is 2.32. The molecule has 2 aromatic carbocycles. The fourth-order valence-electron chi connectivity index (χ4n) is 5.48. The summed E-state index contributed by atoms with van der Waals surface area (Å²) in [4.78, 5) is 28.9. The number of hydrogen-bond acceptors (Lipinski definition) is 8. The van der Waals surface area contributed by atoms with Gasteiger partial charge in [-0.1, -0.05) is 36.4 Å². The Morgan fingerprint density at radius 1 is 1.09 bits per heavy atom. The number of rotatable bonds is 9. The Bertz CT molecular complexity index is 1780. The average molecular weight is 612 g/mol. The third kappa shape index (κ3) is 6.83. The quantitative estimate of drug-likeness (QED) is 0.278. The van der Waals surface area contributed by atoms with Crippen LogP contribution in [0.2, 0.25) is 0 Å². The molecule has 0 amide bonds.